The third-order valence-corrected chi connectivity index (χ3v) is 0.406. The van der Waals surface area contributed by atoms with Crippen LogP contribution in [0.15, 0.2) is 18.7 Å². The third kappa shape index (κ3) is 27.0. The molecule has 0 aliphatic carbocycles. The molecule has 0 bridgehead atoms. The second-order valence-electron chi connectivity index (χ2n) is 0.761. The smallest absolute Gasteiger partial charge is 0.0919 e. The fourth-order valence-electron chi connectivity index (χ4n) is 0.215. The van der Waals surface area contributed by atoms with Crippen LogP contribution in [-0.2, 0) is 0 Å². The number of hydrogen-bond acceptors (Lipinski definition) is 1. The largest absolute Gasteiger partial charge is 0.351 e. The van der Waals surface area contributed by atoms with E-state index in [-0.39, 0.29) is 0 Å². The summed E-state index contributed by atoms with van der Waals surface area (Å²) in [6, 6.07) is 0. The first-order valence-corrected chi connectivity index (χ1v) is 4.43. The standard InChI is InChI=1S/C3H4N2.3C2H6/c1-2-5-3-4-1;3*1-2/h1-3H,(H,4,5);3*1-2H3. The summed E-state index contributed by atoms with van der Waals surface area (Å²) in [4.78, 5) is 6.42. The Bertz CT molecular complexity index is 64.0. The van der Waals surface area contributed by atoms with E-state index in [0.29, 0.717) is 0 Å². The van der Waals surface area contributed by atoms with Crippen molar-refractivity contribution < 1.29 is 0 Å². The van der Waals surface area contributed by atoms with Crippen LogP contribution >= 0.6 is 0 Å². The van der Waals surface area contributed by atoms with Gasteiger partial charge in [-0.15, -0.1) is 0 Å². The highest BCUT2D eigenvalue weighted by atomic mass is 14.8. The molecule has 0 unspecified atom stereocenters. The second-order valence-corrected chi connectivity index (χ2v) is 0.761. The lowest BCUT2D eigenvalue weighted by atomic mass is 11.0. The van der Waals surface area contributed by atoms with Gasteiger partial charge in [0.2, 0.25) is 0 Å². The van der Waals surface area contributed by atoms with Crippen LogP contribution in [0, 0.1) is 0 Å². The number of imidazole rings is 1. The van der Waals surface area contributed by atoms with Gasteiger partial charge in [0.05, 0.1) is 6.33 Å². The Hall–Kier alpha value is -0.790. The van der Waals surface area contributed by atoms with Crippen molar-refractivity contribution in [1.82, 2.24) is 9.97 Å². The Balaban J connectivity index is -0.0000000933. The van der Waals surface area contributed by atoms with E-state index in [1.54, 1.807) is 18.7 Å². The van der Waals surface area contributed by atoms with E-state index in [9.17, 15) is 0 Å². The van der Waals surface area contributed by atoms with Gasteiger partial charge < -0.3 is 4.98 Å². The predicted octanol–water partition coefficient (Wildman–Crippen LogP) is 3.49. The predicted molar refractivity (Wildman–Crippen MR) is 52.6 cm³/mol. The van der Waals surface area contributed by atoms with E-state index in [1.807, 2.05) is 41.5 Å². The van der Waals surface area contributed by atoms with Gasteiger partial charge >= 0.3 is 0 Å². The van der Waals surface area contributed by atoms with E-state index in [1.165, 1.54) is 0 Å². The van der Waals surface area contributed by atoms with E-state index in [4.69, 9.17) is 0 Å². The van der Waals surface area contributed by atoms with E-state index >= 15 is 0 Å². The summed E-state index contributed by atoms with van der Waals surface area (Å²) in [6.07, 6.45) is 5.08. The number of rotatable bonds is 0. The molecule has 0 radical (unpaired) electrons. The minimum Gasteiger partial charge on any atom is -0.351 e. The van der Waals surface area contributed by atoms with Crippen LogP contribution in [0.4, 0.5) is 0 Å². The third-order valence-electron chi connectivity index (χ3n) is 0.406. The molecule has 0 aliphatic rings. The van der Waals surface area contributed by atoms with Crippen LogP contribution in [-0.4, -0.2) is 9.97 Å². The quantitative estimate of drug-likeness (QED) is 0.615. The molecule has 0 fully saturated rings. The van der Waals surface area contributed by atoms with Gasteiger partial charge in [-0.1, -0.05) is 41.5 Å². The van der Waals surface area contributed by atoms with E-state index in [0.717, 1.165) is 0 Å². The molecule has 1 N–H and O–H groups in total. The molecule has 0 aromatic carbocycles. The average molecular weight is 158 g/mol. The zero-order valence-corrected chi connectivity index (χ0v) is 8.68. The molecule has 0 atom stereocenters. The maximum Gasteiger partial charge on any atom is 0.0919 e. The van der Waals surface area contributed by atoms with Crippen LogP contribution in [0.3, 0.4) is 0 Å². The number of nitrogens with zero attached hydrogens (tertiary/aromatic N) is 1. The molecule has 0 saturated carbocycles. The summed E-state index contributed by atoms with van der Waals surface area (Å²) in [5, 5.41) is 0. The Kier molecular flexibility index (Phi) is 53.0. The second kappa shape index (κ2) is 35.0. The van der Waals surface area contributed by atoms with Gasteiger partial charge in [-0.25, -0.2) is 4.98 Å². The molecule has 0 saturated heterocycles. The summed E-state index contributed by atoms with van der Waals surface area (Å²) < 4.78 is 0. The molecular weight excluding hydrogens is 136 g/mol. The molecule has 0 aliphatic heterocycles. The maximum atomic E-state index is 3.67. The first-order valence-electron chi connectivity index (χ1n) is 4.43. The monoisotopic (exact) mass is 158 g/mol. The molecule has 1 heterocycles. The van der Waals surface area contributed by atoms with Crippen molar-refractivity contribution in [3.8, 4) is 0 Å². The number of nitrogens with one attached hydrogen (secondary N) is 1. The van der Waals surface area contributed by atoms with E-state index in [2.05, 4.69) is 9.97 Å². The van der Waals surface area contributed by atoms with Crippen molar-refractivity contribution in [3.05, 3.63) is 18.7 Å². The average Bonchev–Trinajstić information content (AvgIpc) is 2.71. The summed E-state index contributed by atoms with van der Waals surface area (Å²) >= 11 is 0. The first-order chi connectivity index (χ1) is 5.50. The molecule has 2 heteroatoms. The minimum atomic E-state index is 1.62. The normalized spacial score (nSPS) is 5.27. The highest BCUT2D eigenvalue weighted by molar-refractivity contribution is 4.64. The fourth-order valence-corrected chi connectivity index (χ4v) is 0.215. The van der Waals surface area contributed by atoms with Crippen LogP contribution in [0.5, 0.6) is 0 Å². The van der Waals surface area contributed by atoms with Crippen LogP contribution < -0.4 is 0 Å². The Morgan fingerprint density at radius 2 is 1.36 bits per heavy atom. The van der Waals surface area contributed by atoms with E-state index < -0.39 is 0 Å². The molecule has 0 spiro atoms. The maximum absolute atomic E-state index is 3.67. The molecule has 68 valence electrons. The number of aromatic nitrogens is 2. The molecule has 1 aromatic heterocycles. The van der Waals surface area contributed by atoms with Crippen molar-refractivity contribution in [2.75, 3.05) is 0 Å². The lowest BCUT2D eigenvalue weighted by Gasteiger charge is -1.46. The Morgan fingerprint density at radius 3 is 1.45 bits per heavy atom. The zero-order valence-electron chi connectivity index (χ0n) is 8.68. The summed E-state index contributed by atoms with van der Waals surface area (Å²) in [6.45, 7) is 12.0. The van der Waals surface area contributed by atoms with Crippen molar-refractivity contribution in [2.45, 2.75) is 41.5 Å². The number of hydrogen-bond donors (Lipinski definition) is 1. The lowest BCUT2D eigenvalue weighted by molar-refractivity contribution is 1.31. The molecule has 0 amide bonds. The molecular formula is C9H22N2. The fraction of sp³-hybridized carbons (Fsp3) is 0.667. The molecule has 2 nitrogen and oxygen atoms in total. The van der Waals surface area contributed by atoms with Gasteiger partial charge in [0.25, 0.3) is 0 Å². The first kappa shape index (κ1) is 16.7. The SMILES string of the molecule is CC.CC.CC.c1c[nH]cn1. The van der Waals surface area contributed by atoms with Crippen LogP contribution in [0.25, 0.3) is 0 Å². The Labute approximate surface area is 71.1 Å². The van der Waals surface area contributed by atoms with Crippen molar-refractivity contribution >= 4 is 0 Å². The van der Waals surface area contributed by atoms with Crippen LogP contribution in [0.2, 0.25) is 0 Å². The minimum absolute atomic E-state index is 1.62. The summed E-state index contributed by atoms with van der Waals surface area (Å²) in [7, 11) is 0. The highest BCUT2D eigenvalue weighted by Gasteiger charge is 1.56. The molecule has 11 heavy (non-hydrogen) atoms. The van der Waals surface area contributed by atoms with Crippen molar-refractivity contribution in [2.24, 2.45) is 0 Å². The van der Waals surface area contributed by atoms with Gasteiger partial charge in [-0.3, -0.25) is 0 Å². The molecule has 1 rings (SSSR count). The van der Waals surface area contributed by atoms with Gasteiger partial charge in [0, 0.05) is 12.4 Å². The summed E-state index contributed by atoms with van der Waals surface area (Å²) in [5.41, 5.74) is 0. The topological polar surface area (TPSA) is 28.7 Å². The van der Waals surface area contributed by atoms with Gasteiger partial charge in [0.15, 0.2) is 0 Å². The highest BCUT2D eigenvalue weighted by Crippen LogP contribution is 1.62. The van der Waals surface area contributed by atoms with Gasteiger partial charge in [0.1, 0.15) is 0 Å². The number of aromatic amines is 1. The summed E-state index contributed by atoms with van der Waals surface area (Å²) in [5.74, 6) is 0. The van der Waals surface area contributed by atoms with Crippen molar-refractivity contribution in [3.63, 3.8) is 0 Å². The van der Waals surface area contributed by atoms with Gasteiger partial charge in [-0.05, 0) is 0 Å². The lowest BCUT2D eigenvalue weighted by Crippen LogP contribution is -1.44. The Morgan fingerprint density at radius 1 is 0.909 bits per heavy atom. The van der Waals surface area contributed by atoms with Crippen molar-refractivity contribution in [1.29, 1.82) is 0 Å². The zero-order chi connectivity index (χ0) is 9.54. The van der Waals surface area contributed by atoms with Gasteiger partial charge in [-0.2, -0.15) is 0 Å². The molecule has 1 aromatic rings. The van der Waals surface area contributed by atoms with Crippen LogP contribution in [0.1, 0.15) is 41.5 Å². The number of H-pyrrole nitrogens is 1.